The zero-order valence-corrected chi connectivity index (χ0v) is 11.1. The molecule has 0 atom stereocenters. The minimum atomic E-state index is -0.892. The van der Waals surface area contributed by atoms with E-state index in [0.29, 0.717) is 32.3 Å². The molecule has 0 aromatic heterocycles. The number of hydrogen-bond acceptors (Lipinski definition) is 4. The van der Waals surface area contributed by atoms with Crippen LogP contribution in [0.3, 0.4) is 0 Å². The summed E-state index contributed by atoms with van der Waals surface area (Å²) in [6.45, 7) is 2.20. The smallest absolute Gasteiger partial charge is 0.308 e. The first kappa shape index (κ1) is 13.9. The lowest BCUT2D eigenvalue weighted by molar-refractivity contribution is -0.151. The molecule has 0 bridgehead atoms. The summed E-state index contributed by atoms with van der Waals surface area (Å²) in [5, 5.41) is 19.9. The average molecular weight is 264 g/mol. The third kappa shape index (κ3) is 3.07. The molecule has 1 fully saturated rings. The van der Waals surface area contributed by atoms with Gasteiger partial charge in [-0.15, -0.1) is 0 Å². The first-order valence-electron chi connectivity index (χ1n) is 6.73. The van der Waals surface area contributed by atoms with Gasteiger partial charge in [0.05, 0.1) is 18.1 Å². The van der Waals surface area contributed by atoms with Crippen molar-refractivity contribution in [1.82, 2.24) is 0 Å². The topological polar surface area (TPSA) is 66.8 Å². The zero-order valence-electron chi connectivity index (χ0n) is 11.1. The molecule has 19 heavy (non-hydrogen) atoms. The summed E-state index contributed by atoms with van der Waals surface area (Å²) in [6.07, 6.45) is 2.36. The molecule has 1 aliphatic rings. The number of phenols is 1. The van der Waals surface area contributed by atoms with Crippen LogP contribution in [0.1, 0.15) is 38.2 Å². The predicted molar refractivity (Wildman–Crippen MR) is 70.6 cm³/mol. The van der Waals surface area contributed by atoms with E-state index in [1.165, 1.54) is 0 Å². The van der Waals surface area contributed by atoms with Crippen molar-refractivity contribution in [2.75, 3.05) is 6.61 Å². The zero-order chi connectivity index (χ0) is 13.9. The number of ether oxygens (including phenoxy) is 1. The van der Waals surface area contributed by atoms with E-state index in [-0.39, 0.29) is 17.6 Å². The van der Waals surface area contributed by atoms with Gasteiger partial charge in [0.25, 0.3) is 0 Å². The summed E-state index contributed by atoms with van der Waals surface area (Å²) < 4.78 is 5.02. The molecule has 4 heteroatoms. The van der Waals surface area contributed by atoms with Crippen LogP contribution < -0.4 is 0 Å². The molecule has 104 valence electrons. The fraction of sp³-hybridized carbons (Fsp3) is 0.533. The van der Waals surface area contributed by atoms with E-state index >= 15 is 0 Å². The number of rotatable bonds is 3. The Morgan fingerprint density at radius 1 is 1.32 bits per heavy atom. The van der Waals surface area contributed by atoms with E-state index in [9.17, 15) is 15.0 Å². The molecule has 0 spiro atoms. The summed E-state index contributed by atoms with van der Waals surface area (Å²) in [7, 11) is 0. The third-order valence-electron chi connectivity index (χ3n) is 3.84. The first-order valence-corrected chi connectivity index (χ1v) is 6.73. The van der Waals surface area contributed by atoms with Crippen LogP contribution in [0.2, 0.25) is 0 Å². The van der Waals surface area contributed by atoms with E-state index in [1.807, 2.05) is 0 Å². The van der Waals surface area contributed by atoms with Crippen molar-refractivity contribution in [2.24, 2.45) is 5.92 Å². The van der Waals surface area contributed by atoms with E-state index in [4.69, 9.17) is 4.74 Å². The number of aliphatic hydroxyl groups is 1. The van der Waals surface area contributed by atoms with Crippen molar-refractivity contribution in [3.8, 4) is 5.75 Å². The average Bonchev–Trinajstić information content (AvgIpc) is 2.40. The molecule has 2 rings (SSSR count). The Hall–Kier alpha value is -1.55. The number of phenolic OH excluding ortho intramolecular Hbond substituents is 1. The fourth-order valence-electron chi connectivity index (χ4n) is 2.65. The monoisotopic (exact) mass is 264 g/mol. The van der Waals surface area contributed by atoms with Crippen LogP contribution in [0, 0.1) is 5.92 Å². The summed E-state index contributed by atoms with van der Waals surface area (Å²) in [5.74, 6) is -0.0693. The number of carbonyl (C=O) groups is 1. The van der Waals surface area contributed by atoms with Crippen LogP contribution in [-0.4, -0.2) is 22.8 Å². The minimum absolute atomic E-state index is 0.0997. The largest absolute Gasteiger partial charge is 0.508 e. The minimum Gasteiger partial charge on any atom is -0.508 e. The van der Waals surface area contributed by atoms with Crippen LogP contribution in [0.4, 0.5) is 0 Å². The molecular formula is C15H20O4. The maximum Gasteiger partial charge on any atom is 0.308 e. The van der Waals surface area contributed by atoms with Crippen molar-refractivity contribution in [2.45, 2.75) is 38.2 Å². The second kappa shape index (κ2) is 5.61. The molecule has 2 N–H and O–H groups in total. The molecule has 1 aliphatic carbocycles. The second-order valence-electron chi connectivity index (χ2n) is 5.10. The highest BCUT2D eigenvalue weighted by Crippen LogP contribution is 2.40. The molecule has 0 unspecified atom stereocenters. The summed E-state index contributed by atoms with van der Waals surface area (Å²) >= 11 is 0. The van der Waals surface area contributed by atoms with Gasteiger partial charge < -0.3 is 14.9 Å². The van der Waals surface area contributed by atoms with Crippen LogP contribution in [-0.2, 0) is 15.1 Å². The van der Waals surface area contributed by atoms with Crippen molar-refractivity contribution in [3.05, 3.63) is 29.8 Å². The maximum atomic E-state index is 11.7. The van der Waals surface area contributed by atoms with Crippen LogP contribution >= 0.6 is 0 Å². The molecule has 0 radical (unpaired) electrons. The molecule has 1 saturated carbocycles. The standard InChI is InChI=1S/C15H20O4/c1-2-19-14(17)11-7-9-15(18,10-8-11)12-3-5-13(16)6-4-12/h3-6,11,16,18H,2,7-10H2,1H3. The SMILES string of the molecule is CCOC(=O)C1CCC(O)(c2ccc(O)cc2)CC1. The lowest BCUT2D eigenvalue weighted by Crippen LogP contribution is -2.34. The normalized spacial score (nSPS) is 26.9. The van der Waals surface area contributed by atoms with Crippen molar-refractivity contribution in [3.63, 3.8) is 0 Å². The fourth-order valence-corrected chi connectivity index (χ4v) is 2.65. The quantitative estimate of drug-likeness (QED) is 0.822. The Morgan fingerprint density at radius 2 is 1.89 bits per heavy atom. The molecule has 1 aromatic carbocycles. The molecule has 0 heterocycles. The maximum absolute atomic E-state index is 11.7. The van der Waals surface area contributed by atoms with Gasteiger partial charge >= 0.3 is 5.97 Å². The Balaban J connectivity index is 2.01. The Labute approximate surface area is 113 Å². The van der Waals surface area contributed by atoms with Gasteiger partial charge in [-0.1, -0.05) is 12.1 Å². The summed E-state index contributed by atoms with van der Waals surface area (Å²) in [4.78, 5) is 11.7. The van der Waals surface area contributed by atoms with Gasteiger partial charge in [0.1, 0.15) is 5.75 Å². The van der Waals surface area contributed by atoms with Gasteiger partial charge in [-0.2, -0.15) is 0 Å². The van der Waals surface area contributed by atoms with Crippen LogP contribution in [0.15, 0.2) is 24.3 Å². The molecule has 4 nitrogen and oxygen atoms in total. The van der Waals surface area contributed by atoms with Crippen molar-refractivity contribution >= 4 is 5.97 Å². The lowest BCUT2D eigenvalue weighted by Gasteiger charge is -2.35. The number of aromatic hydroxyl groups is 1. The van der Waals surface area contributed by atoms with Crippen LogP contribution in [0.25, 0.3) is 0 Å². The van der Waals surface area contributed by atoms with Crippen LogP contribution in [0.5, 0.6) is 5.75 Å². The third-order valence-corrected chi connectivity index (χ3v) is 3.84. The van der Waals surface area contributed by atoms with Crippen molar-refractivity contribution < 1.29 is 19.7 Å². The number of hydrogen-bond donors (Lipinski definition) is 2. The van der Waals surface area contributed by atoms with Crippen molar-refractivity contribution in [1.29, 1.82) is 0 Å². The van der Waals surface area contributed by atoms with Gasteiger partial charge in [0.2, 0.25) is 0 Å². The number of carbonyl (C=O) groups excluding carboxylic acids is 1. The summed E-state index contributed by atoms with van der Waals surface area (Å²) in [5.41, 5.74) is -0.0935. The van der Waals surface area contributed by atoms with E-state index in [0.717, 1.165) is 5.56 Å². The van der Waals surface area contributed by atoms with E-state index < -0.39 is 5.60 Å². The Kier molecular flexibility index (Phi) is 4.10. The molecule has 0 amide bonds. The molecule has 1 aromatic rings. The second-order valence-corrected chi connectivity index (χ2v) is 5.10. The highest BCUT2D eigenvalue weighted by Gasteiger charge is 2.37. The molecular weight excluding hydrogens is 244 g/mol. The lowest BCUT2D eigenvalue weighted by atomic mass is 9.75. The molecule has 0 saturated heterocycles. The van der Waals surface area contributed by atoms with Gasteiger partial charge in [0, 0.05) is 0 Å². The van der Waals surface area contributed by atoms with E-state index in [2.05, 4.69) is 0 Å². The first-order chi connectivity index (χ1) is 9.05. The van der Waals surface area contributed by atoms with Gasteiger partial charge in [0.15, 0.2) is 0 Å². The van der Waals surface area contributed by atoms with Gasteiger partial charge in [-0.3, -0.25) is 4.79 Å². The Morgan fingerprint density at radius 3 is 2.42 bits per heavy atom. The van der Waals surface area contributed by atoms with E-state index in [1.54, 1.807) is 31.2 Å². The summed E-state index contributed by atoms with van der Waals surface area (Å²) in [6, 6.07) is 6.62. The highest BCUT2D eigenvalue weighted by atomic mass is 16.5. The number of benzene rings is 1. The van der Waals surface area contributed by atoms with Gasteiger partial charge in [-0.25, -0.2) is 0 Å². The molecule has 0 aliphatic heterocycles. The highest BCUT2D eigenvalue weighted by molar-refractivity contribution is 5.72. The van der Waals surface area contributed by atoms with Gasteiger partial charge in [-0.05, 0) is 50.3 Å². The number of esters is 1. The predicted octanol–water partition coefficient (Wildman–Crippen LogP) is 2.33. The Bertz CT molecular complexity index is 430.